The lowest BCUT2D eigenvalue weighted by Crippen LogP contribution is -2.38. The fourth-order valence-corrected chi connectivity index (χ4v) is 1.83. The van der Waals surface area contributed by atoms with Gasteiger partial charge >= 0.3 is 0 Å². The van der Waals surface area contributed by atoms with E-state index >= 15 is 0 Å². The van der Waals surface area contributed by atoms with Gasteiger partial charge in [-0.2, -0.15) is 0 Å². The molecular formula is C16H28N4O. The molecular weight excluding hydrogens is 264 g/mol. The molecule has 0 atom stereocenters. The second kappa shape index (κ2) is 12.0. The number of nitrogens with zero attached hydrogens (tertiary/aromatic N) is 1. The van der Waals surface area contributed by atoms with E-state index in [2.05, 4.69) is 33.1 Å². The average molecular weight is 292 g/mol. The number of ether oxygens (including phenoxy) is 1. The number of hydrogen-bond donors (Lipinski definition) is 3. The summed E-state index contributed by atoms with van der Waals surface area (Å²) in [4.78, 5) is 4.19. The molecule has 0 heterocycles. The van der Waals surface area contributed by atoms with E-state index in [0.717, 1.165) is 57.3 Å². The fourth-order valence-electron chi connectivity index (χ4n) is 1.83. The highest BCUT2D eigenvalue weighted by Crippen LogP contribution is 2.03. The molecule has 1 aromatic rings. The van der Waals surface area contributed by atoms with Crippen molar-refractivity contribution in [1.82, 2.24) is 10.6 Å². The van der Waals surface area contributed by atoms with Gasteiger partial charge in [0.25, 0.3) is 0 Å². The fraction of sp³-hybridized carbons (Fsp3) is 0.562. The Morgan fingerprint density at radius 1 is 1.05 bits per heavy atom. The molecule has 0 saturated heterocycles. The van der Waals surface area contributed by atoms with Gasteiger partial charge in [0.05, 0.1) is 0 Å². The van der Waals surface area contributed by atoms with Crippen LogP contribution < -0.4 is 16.0 Å². The van der Waals surface area contributed by atoms with Crippen LogP contribution in [0.15, 0.2) is 35.3 Å². The first-order chi connectivity index (χ1) is 10.4. The predicted molar refractivity (Wildman–Crippen MR) is 90.0 cm³/mol. The third kappa shape index (κ3) is 8.92. The highest BCUT2D eigenvalue weighted by molar-refractivity contribution is 5.79. The Labute approximate surface area is 128 Å². The van der Waals surface area contributed by atoms with Gasteiger partial charge in [-0.3, -0.25) is 4.99 Å². The van der Waals surface area contributed by atoms with Crippen molar-refractivity contribution in [3.05, 3.63) is 30.3 Å². The van der Waals surface area contributed by atoms with Gasteiger partial charge in [0, 0.05) is 45.6 Å². The van der Waals surface area contributed by atoms with Crippen molar-refractivity contribution >= 4 is 11.6 Å². The van der Waals surface area contributed by atoms with Gasteiger partial charge in [-0.05, 0) is 31.9 Å². The largest absolute Gasteiger partial charge is 0.385 e. The van der Waals surface area contributed by atoms with Crippen molar-refractivity contribution in [1.29, 1.82) is 0 Å². The molecule has 0 aromatic heterocycles. The first kappa shape index (κ1) is 17.3. The molecule has 0 fully saturated rings. The Kier molecular flexibility index (Phi) is 9.91. The normalized spacial score (nSPS) is 11.2. The van der Waals surface area contributed by atoms with E-state index < -0.39 is 0 Å². The van der Waals surface area contributed by atoms with Crippen molar-refractivity contribution in [3.63, 3.8) is 0 Å². The minimum Gasteiger partial charge on any atom is -0.385 e. The zero-order valence-corrected chi connectivity index (χ0v) is 13.2. The number of nitrogens with one attached hydrogen (secondary N) is 3. The quantitative estimate of drug-likeness (QED) is 0.351. The lowest BCUT2D eigenvalue weighted by molar-refractivity contribution is 0.145. The van der Waals surface area contributed by atoms with Gasteiger partial charge in [0.2, 0.25) is 0 Å². The Hall–Kier alpha value is -1.75. The number of anilines is 1. The average Bonchev–Trinajstić information content (AvgIpc) is 2.53. The summed E-state index contributed by atoms with van der Waals surface area (Å²) in [5.41, 5.74) is 1.16. The van der Waals surface area contributed by atoms with E-state index in [0.29, 0.717) is 0 Å². The molecule has 3 N–H and O–H groups in total. The third-order valence-corrected chi connectivity index (χ3v) is 2.93. The van der Waals surface area contributed by atoms with Crippen molar-refractivity contribution in [3.8, 4) is 0 Å². The van der Waals surface area contributed by atoms with E-state index in [1.165, 1.54) is 0 Å². The molecule has 0 bridgehead atoms. The second-order valence-electron chi connectivity index (χ2n) is 4.62. The van der Waals surface area contributed by atoms with Crippen LogP contribution >= 0.6 is 0 Å². The molecule has 21 heavy (non-hydrogen) atoms. The Balaban J connectivity index is 2.02. The van der Waals surface area contributed by atoms with Crippen LogP contribution in [0.5, 0.6) is 0 Å². The number of hydrogen-bond acceptors (Lipinski definition) is 3. The van der Waals surface area contributed by atoms with Crippen LogP contribution in [0.3, 0.4) is 0 Å². The van der Waals surface area contributed by atoms with Gasteiger partial charge in [0.1, 0.15) is 0 Å². The molecule has 0 unspecified atom stereocenters. The molecule has 0 aliphatic rings. The lowest BCUT2D eigenvalue weighted by Gasteiger charge is -2.12. The lowest BCUT2D eigenvalue weighted by atomic mass is 10.3. The Morgan fingerprint density at radius 3 is 2.43 bits per heavy atom. The van der Waals surface area contributed by atoms with Crippen LogP contribution in [0.2, 0.25) is 0 Å². The summed E-state index contributed by atoms with van der Waals surface area (Å²) in [6.07, 6.45) is 2.03. The summed E-state index contributed by atoms with van der Waals surface area (Å²) in [5, 5.41) is 9.97. The second-order valence-corrected chi connectivity index (χ2v) is 4.62. The highest BCUT2D eigenvalue weighted by Gasteiger charge is 1.96. The number of benzene rings is 1. The van der Waals surface area contributed by atoms with Gasteiger partial charge < -0.3 is 20.7 Å². The first-order valence-electron chi connectivity index (χ1n) is 7.68. The van der Waals surface area contributed by atoms with Crippen molar-refractivity contribution < 1.29 is 4.74 Å². The number of guanidine groups is 1. The maximum atomic E-state index is 5.30. The molecule has 0 saturated carbocycles. The van der Waals surface area contributed by atoms with Crippen LogP contribution in [-0.2, 0) is 4.74 Å². The summed E-state index contributed by atoms with van der Waals surface area (Å²) < 4.78 is 5.30. The van der Waals surface area contributed by atoms with Crippen LogP contribution in [0, 0.1) is 0 Å². The molecule has 0 amide bonds. The number of para-hydroxylation sites is 1. The summed E-state index contributed by atoms with van der Waals surface area (Å²) in [6, 6.07) is 10.2. The zero-order chi connectivity index (χ0) is 15.2. The topological polar surface area (TPSA) is 57.7 Å². The van der Waals surface area contributed by atoms with Crippen LogP contribution in [0.25, 0.3) is 0 Å². The van der Waals surface area contributed by atoms with Gasteiger partial charge in [-0.1, -0.05) is 18.2 Å². The Morgan fingerprint density at radius 2 is 1.76 bits per heavy atom. The maximum Gasteiger partial charge on any atom is 0.190 e. The molecule has 0 radical (unpaired) electrons. The van der Waals surface area contributed by atoms with Gasteiger partial charge in [-0.25, -0.2) is 0 Å². The number of rotatable bonds is 10. The van der Waals surface area contributed by atoms with Crippen molar-refractivity contribution in [2.45, 2.75) is 19.8 Å². The van der Waals surface area contributed by atoms with Crippen molar-refractivity contribution in [2.24, 2.45) is 4.99 Å². The van der Waals surface area contributed by atoms with Crippen LogP contribution in [-0.4, -0.2) is 45.9 Å². The molecule has 5 nitrogen and oxygen atoms in total. The minimum absolute atomic E-state index is 0.779. The molecule has 0 aliphatic carbocycles. The number of aliphatic imine (C=N–C) groups is 1. The maximum absolute atomic E-state index is 5.30. The van der Waals surface area contributed by atoms with Crippen molar-refractivity contribution in [2.75, 3.05) is 45.2 Å². The van der Waals surface area contributed by atoms with E-state index in [9.17, 15) is 0 Å². The first-order valence-corrected chi connectivity index (χ1v) is 7.68. The van der Waals surface area contributed by atoms with E-state index in [1.54, 1.807) is 7.05 Å². The SMILES string of the molecule is CCOCCCNC(=NC)NCCCNc1ccccc1. The standard InChI is InChI=1S/C16H28N4O/c1-3-21-14-8-13-20-16(17-2)19-12-7-11-18-15-9-5-4-6-10-15/h4-6,9-10,18H,3,7-8,11-14H2,1-2H3,(H2,17,19,20). The Bertz CT molecular complexity index is 381. The van der Waals surface area contributed by atoms with E-state index in [-0.39, 0.29) is 0 Å². The molecule has 1 aromatic carbocycles. The molecule has 1 rings (SSSR count). The summed E-state index contributed by atoms with van der Waals surface area (Å²) in [5.74, 6) is 0.853. The van der Waals surface area contributed by atoms with Crippen LogP contribution in [0.4, 0.5) is 5.69 Å². The van der Waals surface area contributed by atoms with E-state index in [1.807, 2.05) is 25.1 Å². The zero-order valence-electron chi connectivity index (χ0n) is 13.2. The molecule has 0 spiro atoms. The van der Waals surface area contributed by atoms with Gasteiger partial charge in [0.15, 0.2) is 5.96 Å². The molecule has 0 aliphatic heterocycles. The van der Waals surface area contributed by atoms with Crippen LogP contribution in [0.1, 0.15) is 19.8 Å². The summed E-state index contributed by atoms with van der Waals surface area (Å²) >= 11 is 0. The predicted octanol–water partition coefficient (Wildman–Crippen LogP) is 2.08. The molecule has 5 heteroatoms. The molecule has 118 valence electrons. The smallest absolute Gasteiger partial charge is 0.190 e. The minimum atomic E-state index is 0.779. The van der Waals surface area contributed by atoms with Gasteiger partial charge in [-0.15, -0.1) is 0 Å². The summed E-state index contributed by atoms with van der Waals surface area (Å²) in [6.45, 7) is 6.30. The summed E-state index contributed by atoms with van der Waals surface area (Å²) in [7, 11) is 1.79. The third-order valence-electron chi connectivity index (χ3n) is 2.93. The highest BCUT2D eigenvalue weighted by atomic mass is 16.5. The monoisotopic (exact) mass is 292 g/mol. The van der Waals surface area contributed by atoms with E-state index in [4.69, 9.17) is 4.74 Å².